The molecule has 1 aliphatic heterocycles. The number of benzene rings is 3. The number of fused-ring (bicyclic) bond motifs is 1. The lowest BCUT2D eigenvalue weighted by atomic mass is 10.0. The summed E-state index contributed by atoms with van der Waals surface area (Å²) in [5.41, 5.74) is 4.27. The van der Waals surface area contributed by atoms with Crippen LogP contribution >= 0.6 is 11.8 Å². The molecule has 0 spiro atoms. The molecule has 7 nitrogen and oxygen atoms in total. The number of carbonyl (C=O) groups excluding carboxylic acids is 2. The van der Waals surface area contributed by atoms with Crippen LogP contribution < -0.4 is 10.2 Å². The Kier molecular flexibility index (Phi) is 7.32. The van der Waals surface area contributed by atoms with Crippen molar-refractivity contribution in [3.05, 3.63) is 101 Å². The van der Waals surface area contributed by atoms with Crippen LogP contribution in [-0.2, 0) is 17.8 Å². The zero-order valence-electron chi connectivity index (χ0n) is 20.4. The third-order valence-corrected chi connectivity index (χ3v) is 7.10. The molecule has 0 saturated heterocycles. The van der Waals surface area contributed by atoms with E-state index in [2.05, 4.69) is 21.6 Å². The number of nitrogens with one attached hydrogen (secondary N) is 1. The van der Waals surface area contributed by atoms with Crippen LogP contribution in [0.15, 0.2) is 78.0 Å². The van der Waals surface area contributed by atoms with Gasteiger partial charge in [0.25, 0.3) is 5.91 Å². The van der Waals surface area contributed by atoms with E-state index in [1.165, 1.54) is 35.5 Å². The molecule has 0 saturated carbocycles. The van der Waals surface area contributed by atoms with E-state index < -0.39 is 11.7 Å². The second-order valence-corrected chi connectivity index (χ2v) is 9.78. The predicted octanol–water partition coefficient (Wildman–Crippen LogP) is 4.72. The fourth-order valence-corrected chi connectivity index (χ4v) is 5.27. The summed E-state index contributed by atoms with van der Waals surface area (Å²) >= 11 is 1.31. The van der Waals surface area contributed by atoms with Gasteiger partial charge in [-0.1, -0.05) is 48.2 Å². The highest BCUT2D eigenvalue weighted by Gasteiger charge is 2.24. The van der Waals surface area contributed by atoms with Crippen LogP contribution in [-0.4, -0.2) is 38.9 Å². The van der Waals surface area contributed by atoms with E-state index in [1.807, 2.05) is 58.9 Å². The molecule has 1 aromatic heterocycles. The van der Waals surface area contributed by atoms with Crippen molar-refractivity contribution in [1.29, 1.82) is 0 Å². The van der Waals surface area contributed by atoms with Crippen LogP contribution in [0.5, 0.6) is 0 Å². The van der Waals surface area contributed by atoms with Gasteiger partial charge in [0.05, 0.1) is 12.3 Å². The maximum atomic E-state index is 13.5. The topological polar surface area (TPSA) is 80.1 Å². The Bertz CT molecular complexity index is 1450. The van der Waals surface area contributed by atoms with Gasteiger partial charge in [-0.15, -0.1) is 10.2 Å². The number of carbonyl (C=O) groups is 2. The highest BCUT2D eigenvalue weighted by molar-refractivity contribution is 7.99. The number of nitrogens with zero attached hydrogens (tertiary/aromatic N) is 4. The molecule has 5 rings (SSSR count). The molecule has 0 radical (unpaired) electrons. The molecule has 0 bridgehead atoms. The minimum absolute atomic E-state index is 0.0110. The van der Waals surface area contributed by atoms with E-state index in [4.69, 9.17) is 0 Å². The van der Waals surface area contributed by atoms with Crippen molar-refractivity contribution in [2.24, 2.45) is 0 Å². The highest BCUT2D eigenvalue weighted by Crippen LogP contribution is 2.29. The van der Waals surface area contributed by atoms with Crippen molar-refractivity contribution < 1.29 is 14.0 Å². The summed E-state index contributed by atoms with van der Waals surface area (Å²) in [6.07, 6.45) is 1.90. The van der Waals surface area contributed by atoms with E-state index in [-0.39, 0.29) is 23.8 Å². The van der Waals surface area contributed by atoms with Crippen LogP contribution in [0.2, 0.25) is 0 Å². The minimum atomic E-state index is -0.477. The van der Waals surface area contributed by atoms with E-state index in [1.54, 1.807) is 6.07 Å². The number of hydrogen-bond donors (Lipinski definition) is 1. The summed E-state index contributed by atoms with van der Waals surface area (Å²) in [5.74, 6) is -0.166. The van der Waals surface area contributed by atoms with Crippen molar-refractivity contribution in [2.75, 3.05) is 17.2 Å². The Hall–Kier alpha value is -3.98. The molecule has 4 aromatic rings. The van der Waals surface area contributed by atoms with Gasteiger partial charge in [-0.05, 0) is 67.3 Å². The van der Waals surface area contributed by atoms with Crippen molar-refractivity contribution in [3.63, 3.8) is 0 Å². The number of thioether (sulfide) groups is 1. The number of hydrogen-bond acceptors (Lipinski definition) is 5. The zero-order valence-corrected chi connectivity index (χ0v) is 21.2. The van der Waals surface area contributed by atoms with Crippen LogP contribution in [0.1, 0.15) is 33.7 Å². The number of aromatic nitrogens is 3. The van der Waals surface area contributed by atoms with Crippen LogP contribution in [0, 0.1) is 12.7 Å². The number of para-hydroxylation sites is 1. The molecule has 0 atom stereocenters. The maximum Gasteiger partial charge on any atom is 0.251 e. The molecule has 0 aliphatic carbocycles. The van der Waals surface area contributed by atoms with Gasteiger partial charge >= 0.3 is 0 Å². The molecule has 2 heterocycles. The van der Waals surface area contributed by atoms with Crippen molar-refractivity contribution >= 4 is 29.3 Å². The largest absolute Gasteiger partial charge is 0.345 e. The normalized spacial score (nSPS) is 12.8. The quantitative estimate of drug-likeness (QED) is 0.361. The van der Waals surface area contributed by atoms with Crippen LogP contribution in [0.3, 0.4) is 0 Å². The lowest BCUT2D eigenvalue weighted by Crippen LogP contribution is -2.36. The van der Waals surface area contributed by atoms with Gasteiger partial charge in [0.1, 0.15) is 5.82 Å². The Morgan fingerprint density at radius 1 is 1.03 bits per heavy atom. The number of amides is 2. The summed E-state index contributed by atoms with van der Waals surface area (Å²) in [6.45, 7) is 2.77. The number of aryl methyl sites for hydroxylation is 2. The summed E-state index contributed by atoms with van der Waals surface area (Å²) in [4.78, 5) is 27.6. The Morgan fingerprint density at radius 2 is 1.86 bits per heavy atom. The van der Waals surface area contributed by atoms with E-state index in [9.17, 15) is 14.0 Å². The Balaban J connectivity index is 1.35. The second-order valence-electron chi connectivity index (χ2n) is 8.83. The lowest BCUT2D eigenvalue weighted by Gasteiger charge is -2.29. The van der Waals surface area contributed by atoms with Crippen molar-refractivity contribution in [1.82, 2.24) is 20.1 Å². The molecule has 1 aliphatic rings. The minimum Gasteiger partial charge on any atom is -0.345 e. The molecular weight excluding hydrogens is 489 g/mol. The standard InChI is InChI=1S/C28H26FN5O2S/c1-19-7-4-12-23(15-19)34-25(17-30-27(36)21-9-5-11-22(29)16-21)31-32-28(34)37-18-26(35)33-14-6-10-20-8-2-3-13-24(20)33/h2-5,7-9,11-13,15-16H,6,10,14,17-18H2,1H3,(H,30,36). The van der Waals surface area contributed by atoms with Crippen LogP contribution in [0.4, 0.5) is 10.1 Å². The summed E-state index contributed by atoms with van der Waals surface area (Å²) in [7, 11) is 0. The van der Waals surface area contributed by atoms with E-state index in [0.717, 1.165) is 29.8 Å². The first-order valence-electron chi connectivity index (χ1n) is 12.1. The molecular formula is C28H26FN5O2S. The summed E-state index contributed by atoms with van der Waals surface area (Å²) in [6, 6.07) is 21.4. The first-order valence-corrected chi connectivity index (χ1v) is 13.0. The smallest absolute Gasteiger partial charge is 0.251 e. The van der Waals surface area contributed by atoms with E-state index in [0.29, 0.717) is 17.5 Å². The summed E-state index contributed by atoms with van der Waals surface area (Å²) < 4.78 is 15.4. The molecule has 37 heavy (non-hydrogen) atoms. The van der Waals surface area contributed by atoms with Gasteiger partial charge < -0.3 is 10.2 Å². The molecule has 3 aromatic carbocycles. The van der Waals surface area contributed by atoms with Gasteiger partial charge in [-0.3, -0.25) is 14.2 Å². The number of rotatable bonds is 7. The van der Waals surface area contributed by atoms with Gasteiger partial charge in [0.2, 0.25) is 5.91 Å². The van der Waals surface area contributed by atoms with Crippen LogP contribution in [0.25, 0.3) is 5.69 Å². The monoisotopic (exact) mass is 515 g/mol. The van der Waals surface area contributed by atoms with Crippen molar-refractivity contribution in [2.45, 2.75) is 31.5 Å². The molecule has 9 heteroatoms. The lowest BCUT2D eigenvalue weighted by molar-refractivity contribution is -0.116. The van der Waals surface area contributed by atoms with E-state index >= 15 is 0 Å². The first kappa shape index (κ1) is 24.7. The molecule has 0 fully saturated rings. The molecule has 2 amide bonds. The van der Waals surface area contributed by atoms with Gasteiger partial charge in [-0.2, -0.15) is 0 Å². The third-order valence-electron chi connectivity index (χ3n) is 6.19. The van der Waals surface area contributed by atoms with Gasteiger partial charge in [0.15, 0.2) is 11.0 Å². The Morgan fingerprint density at radius 3 is 2.70 bits per heavy atom. The van der Waals surface area contributed by atoms with Gasteiger partial charge in [0, 0.05) is 23.5 Å². The molecule has 0 unspecified atom stereocenters. The average Bonchev–Trinajstić information content (AvgIpc) is 3.32. The number of halogens is 1. The predicted molar refractivity (Wildman–Crippen MR) is 142 cm³/mol. The summed E-state index contributed by atoms with van der Waals surface area (Å²) in [5, 5.41) is 12.0. The third kappa shape index (κ3) is 5.56. The zero-order chi connectivity index (χ0) is 25.8. The Labute approximate surface area is 218 Å². The van der Waals surface area contributed by atoms with Crippen molar-refractivity contribution in [3.8, 4) is 5.69 Å². The number of anilines is 1. The molecule has 1 N–H and O–H groups in total. The first-order chi connectivity index (χ1) is 18.0. The highest BCUT2D eigenvalue weighted by atomic mass is 32.2. The SMILES string of the molecule is Cc1cccc(-n2c(CNC(=O)c3cccc(F)c3)nnc2SCC(=O)N2CCCc3ccccc32)c1. The van der Waals surface area contributed by atoms with Gasteiger partial charge in [-0.25, -0.2) is 4.39 Å². The molecule has 188 valence electrons. The maximum absolute atomic E-state index is 13.5. The average molecular weight is 516 g/mol. The second kappa shape index (κ2) is 11.0. The fraction of sp³-hybridized carbons (Fsp3) is 0.214. The fourth-order valence-electron chi connectivity index (χ4n) is 4.42.